The third-order valence-electron chi connectivity index (χ3n) is 3.33. The summed E-state index contributed by atoms with van der Waals surface area (Å²) >= 11 is 0. The van der Waals surface area contributed by atoms with E-state index >= 15 is 0 Å². The molecule has 0 fully saturated rings. The van der Waals surface area contributed by atoms with Crippen LogP contribution < -0.4 is 0 Å². The number of hydrogen-bond donors (Lipinski definition) is 1. The molecule has 0 amide bonds. The zero-order chi connectivity index (χ0) is 14.5. The maximum Gasteiger partial charge on any atom is 0.338 e. The van der Waals surface area contributed by atoms with E-state index in [-0.39, 0.29) is 17.8 Å². The normalized spacial score (nSPS) is 12.3. The largest absolute Gasteiger partial charge is 0.508 e. The lowest BCUT2D eigenvalue weighted by Gasteiger charge is -2.13. The van der Waals surface area contributed by atoms with Crippen molar-refractivity contribution in [1.82, 2.24) is 0 Å². The van der Waals surface area contributed by atoms with Gasteiger partial charge in [-0.15, -0.1) is 0 Å². The van der Waals surface area contributed by atoms with Crippen molar-refractivity contribution in [2.24, 2.45) is 0 Å². The Kier molecular flexibility index (Phi) is 4.61. The van der Waals surface area contributed by atoms with Gasteiger partial charge in [-0.05, 0) is 48.4 Å². The highest BCUT2D eigenvalue weighted by molar-refractivity contribution is 5.95. The van der Waals surface area contributed by atoms with E-state index in [1.165, 1.54) is 0 Å². The number of carbonyl (C=O) groups excluding carboxylic acids is 1. The van der Waals surface area contributed by atoms with Gasteiger partial charge < -0.3 is 9.84 Å². The Morgan fingerprint density at radius 3 is 2.65 bits per heavy atom. The molecule has 0 aliphatic heterocycles. The number of carbonyl (C=O) groups is 1. The summed E-state index contributed by atoms with van der Waals surface area (Å²) in [5, 5.41) is 11.2. The molecule has 2 aromatic rings. The van der Waals surface area contributed by atoms with Crippen molar-refractivity contribution >= 4 is 16.7 Å². The van der Waals surface area contributed by atoms with Crippen molar-refractivity contribution in [2.45, 2.75) is 39.2 Å². The van der Waals surface area contributed by atoms with Crippen LogP contribution >= 0.6 is 0 Å². The van der Waals surface area contributed by atoms with Gasteiger partial charge in [0.05, 0.1) is 11.7 Å². The average molecular weight is 272 g/mol. The van der Waals surface area contributed by atoms with Crippen LogP contribution in [0.5, 0.6) is 5.75 Å². The summed E-state index contributed by atoms with van der Waals surface area (Å²) in [4.78, 5) is 12.1. The minimum atomic E-state index is -0.288. The van der Waals surface area contributed by atoms with E-state index in [0.717, 1.165) is 30.0 Å². The number of benzene rings is 2. The third-order valence-corrected chi connectivity index (χ3v) is 3.33. The highest BCUT2D eigenvalue weighted by atomic mass is 16.5. The van der Waals surface area contributed by atoms with Crippen molar-refractivity contribution in [1.29, 1.82) is 0 Å². The van der Waals surface area contributed by atoms with Gasteiger partial charge in [-0.1, -0.05) is 31.9 Å². The second-order valence-corrected chi connectivity index (χ2v) is 5.10. The lowest BCUT2D eigenvalue weighted by atomic mass is 10.1. The Morgan fingerprint density at radius 1 is 1.20 bits per heavy atom. The van der Waals surface area contributed by atoms with E-state index in [4.69, 9.17) is 4.74 Å². The predicted octanol–water partition coefficient (Wildman–Crippen LogP) is 4.28. The molecule has 1 N–H and O–H groups in total. The van der Waals surface area contributed by atoms with Gasteiger partial charge in [0, 0.05) is 0 Å². The van der Waals surface area contributed by atoms with Crippen molar-refractivity contribution in [3.63, 3.8) is 0 Å². The number of esters is 1. The monoisotopic (exact) mass is 272 g/mol. The summed E-state index contributed by atoms with van der Waals surface area (Å²) in [6.45, 7) is 4.04. The van der Waals surface area contributed by atoms with Crippen LogP contribution in [-0.4, -0.2) is 17.2 Å². The first kappa shape index (κ1) is 14.4. The van der Waals surface area contributed by atoms with Crippen LogP contribution in [0.15, 0.2) is 36.4 Å². The Balaban J connectivity index is 2.12. The molecule has 2 aromatic carbocycles. The third kappa shape index (κ3) is 3.50. The molecule has 106 valence electrons. The van der Waals surface area contributed by atoms with Crippen LogP contribution in [-0.2, 0) is 4.74 Å². The molecule has 0 spiro atoms. The molecular weight excluding hydrogens is 252 g/mol. The summed E-state index contributed by atoms with van der Waals surface area (Å²) in [6.07, 6.45) is 2.99. The molecule has 0 radical (unpaired) electrons. The zero-order valence-corrected chi connectivity index (χ0v) is 11.9. The number of phenols is 1. The Bertz CT molecular complexity index is 604. The average Bonchev–Trinajstić information content (AvgIpc) is 2.44. The van der Waals surface area contributed by atoms with Crippen LogP contribution in [0.1, 0.15) is 43.5 Å². The van der Waals surface area contributed by atoms with E-state index < -0.39 is 0 Å². The van der Waals surface area contributed by atoms with Crippen molar-refractivity contribution in [3.05, 3.63) is 42.0 Å². The van der Waals surface area contributed by atoms with E-state index in [1.54, 1.807) is 30.3 Å². The standard InChI is InChI=1S/C17H20O3/c1-3-4-5-12(2)20-17(19)15-7-6-14-11-16(18)9-8-13(14)10-15/h6-12,18H,3-5H2,1-2H3. The maximum absolute atomic E-state index is 12.1. The first-order chi connectivity index (χ1) is 9.60. The fourth-order valence-electron chi connectivity index (χ4n) is 2.16. The molecule has 0 bridgehead atoms. The van der Waals surface area contributed by atoms with Gasteiger partial charge in [-0.25, -0.2) is 4.79 Å². The summed E-state index contributed by atoms with van der Waals surface area (Å²) in [7, 11) is 0. The lowest BCUT2D eigenvalue weighted by molar-refractivity contribution is 0.0320. The van der Waals surface area contributed by atoms with Crippen LogP contribution in [0.25, 0.3) is 10.8 Å². The highest BCUT2D eigenvalue weighted by Gasteiger charge is 2.12. The number of ether oxygens (including phenoxy) is 1. The van der Waals surface area contributed by atoms with Gasteiger partial charge in [-0.3, -0.25) is 0 Å². The van der Waals surface area contributed by atoms with Gasteiger partial charge in [0.25, 0.3) is 0 Å². The molecule has 0 saturated carbocycles. The van der Waals surface area contributed by atoms with E-state index in [2.05, 4.69) is 6.92 Å². The fourth-order valence-corrected chi connectivity index (χ4v) is 2.16. The van der Waals surface area contributed by atoms with Gasteiger partial charge in [-0.2, -0.15) is 0 Å². The van der Waals surface area contributed by atoms with E-state index in [1.807, 2.05) is 13.0 Å². The summed E-state index contributed by atoms with van der Waals surface area (Å²) < 4.78 is 5.42. The number of aromatic hydroxyl groups is 1. The Hall–Kier alpha value is -2.03. The molecule has 1 unspecified atom stereocenters. The Labute approximate surface area is 119 Å². The highest BCUT2D eigenvalue weighted by Crippen LogP contribution is 2.21. The molecular formula is C17H20O3. The second-order valence-electron chi connectivity index (χ2n) is 5.10. The SMILES string of the molecule is CCCCC(C)OC(=O)c1ccc2cc(O)ccc2c1. The van der Waals surface area contributed by atoms with Gasteiger partial charge in [0.1, 0.15) is 5.75 Å². The number of hydrogen-bond acceptors (Lipinski definition) is 3. The molecule has 1 atom stereocenters. The van der Waals surface area contributed by atoms with E-state index in [0.29, 0.717) is 5.56 Å². The molecule has 3 nitrogen and oxygen atoms in total. The zero-order valence-electron chi connectivity index (χ0n) is 11.9. The van der Waals surface area contributed by atoms with Crippen molar-refractivity contribution in [2.75, 3.05) is 0 Å². The first-order valence-corrected chi connectivity index (χ1v) is 7.04. The topological polar surface area (TPSA) is 46.5 Å². The van der Waals surface area contributed by atoms with Crippen LogP contribution in [0.4, 0.5) is 0 Å². The Morgan fingerprint density at radius 2 is 1.90 bits per heavy atom. The van der Waals surface area contributed by atoms with E-state index in [9.17, 15) is 9.90 Å². The molecule has 3 heteroatoms. The minimum Gasteiger partial charge on any atom is -0.508 e. The summed E-state index contributed by atoms with van der Waals surface area (Å²) in [5.74, 6) is -0.0652. The molecule has 0 heterocycles. The number of rotatable bonds is 5. The maximum atomic E-state index is 12.1. The van der Waals surface area contributed by atoms with Gasteiger partial charge >= 0.3 is 5.97 Å². The predicted molar refractivity (Wildman–Crippen MR) is 80.0 cm³/mol. The fraction of sp³-hybridized carbons (Fsp3) is 0.353. The second kappa shape index (κ2) is 6.42. The van der Waals surface area contributed by atoms with Crippen molar-refractivity contribution < 1.29 is 14.6 Å². The van der Waals surface area contributed by atoms with Crippen LogP contribution in [0.2, 0.25) is 0 Å². The van der Waals surface area contributed by atoms with Gasteiger partial charge in [0.15, 0.2) is 0 Å². The van der Waals surface area contributed by atoms with Gasteiger partial charge in [0.2, 0.25) is 0 Å². The van der Waals surface area contributed by atoms with Crippen LogP contribution in [0, 0.1) is 0 Å². The first-order valence-electron chi connectivity index (χ1n) is 7.04. The molecule has 0 saturated heterocycles. The molecule has 0 aliphatic rings. The lowest BCUT2D eigenvalue weighted by Crippen LogP contribution is -2.14. The molecule has 0 aromatic heterocycles. The summed E-state index contributed by atoms with van der Waals surface area (Å²) in [5.41, 5.74) is 0.548. The molecule has 2 rings (SSSR count). The minimum absolute atomic E-state index is 0.0574. The number of unbranched alkanes of at least 4 members (excludes halogenated alkanes) is 1. The molecule has 0 aliphatic carbocycles. The quantitative estimate of drug-likeness (QED) is 0.826. The smallest absolute Gasteiger partial charge is 0.338 e. The van der Waals surface area contributed by atoms with Crippen molar-refractivity contribution in [3.8, 4) is 5.75 Å². The summed E-state index contributed by atoms with van der Waals surface area (Å²) in [6, 6.07) is 10.4. The number of fused-ring (bicyclic) bond motifs is 1. The van der Waals surface area contributed by atoms with Crippen LogP contribution in [0.3, 0.4) is 0 Å². The molecule has 20 heavy (non-hydrogen) atoms. The number of phenolic OH excluding ortho intramolecular Hbond substituents is 1.